The summed E-state index contributed by atoms with van der Waals surface area (Å²) in [5.74, 6) is 1.72. The van der Waals surface area contributed by atoms with Crippen LogP contribution in [0, 0.1) is 0 Å². The van der Waals surface area contributed by atoms with Gasteiger partial charge in [0.1, 0.15) is 11.5 Å². The lowest BCUT2D eigenvalue weighted by Crippen LogP contribution is -2.36. The lowest BCUT2D eigenvalue weighted by atomic mass is 9.58. The monoisotopic (exact) mass is 870 g/mol. The SMILES string of the molecule is c1ccc2c(c1)Oc1cc(N(c3ccc4c(c3)c3ccccc3n4-c3cccc4sc5ccccc5c34)c3cccc4ccccc34)ccc1C21c2ccccc2-c2cccc3cccc1c23. The van der Waals surface area contributed by atoms with Gasteiger partial charge < -0.3 is 14.2 Å². The van der Waals surface area contributed by atoms with Crippen molar-refractivity contribution in [3.8, 4) is 28.3 Å². The summed E-state index contributed by atoms with van der Waals surface area (Å²) >= 11 is 1.86. The summed E-state index contributed by atoms with van der Waals surface area (Å²) in [6.07, 6.45) is 0. The zero-order valence-electron chi connectivity index (χ0n) is 36.2. The van der Waals surface area contributed by atoms with Crippen molar-refractivity contribution < 1.29 is 4.74 Å². The molecule has 0 radical (unpaired) electrons. The molecule has 0 saturated heterocycles. The Kier molecular flexibility index (Phi) is 7.58. The van der Waals surface area contributed by atoms with Crippen molar-refractivity contribution in [1.29, 1.82) is 0 Å². The fourth-order valence-electron chi connectivity index (χ4n) is 12.0. The van der Waals surface area contributed by atoms with Crippen LogP contribution in [0.3, 0.4) is 0 Å². The Bertz CT molecular complexity index is 4220. The number of nitrogens with zero attached hydrogens (tertiary/aromatic N) is 2. The number of thiophene rings is 1. The molecule has 0 N–H and O–H groups in total. The molecule has 13 aromatic rings. The molecule has 2 aliphatic rings. The van der Waals surface area contributed by atoms with Crippen molar-refractivity contribution in [1.82, 2.24) is 4.57 Å². The molecule has 3 nitrogen and oxygen atoms in total. The van der Waals surface area contributed by atoms with Gasteiger partial charge in [-0.15, -0.1) is 11.3 Å². The number of rotatable bonds is 4. The number of ether oxygens (including phenoxy) is 1. The van der Waals surface area contributed by atoms with Gasteiger partial charge in [-0.1, -0.05) is 164 Å². The molecule has 67 heavy (non-hydrogen) atoms. The maximum absolute atomic E-state index is 7.16. The minimum absolute atomic E-state index is 0.616. The van der Waals surface area contributed by atoms with Gasteiger partial charge in [0.05, 0.1) is 27.8 Å². The van der Waals surface area contributed by atoms with E-state index in [4.69, 9.17) is 4.74 Å². The third kappa shape index (κ3) is 5.00. The normalized spacial score (nSPS) is 14.7. The maximum Gasteiger partial charge on any atom is 0.134 e. The highest BCUT2D eigenvalue weighted by molar-refractivity contribution is 7.25. The fraction of sp³-hybridized carbons (Fsp3) is 0.0159. The second-order valence-electron chi connectivity index (χ2n) is 17.9. The van der Waals surface area contributed by atoms with E-state index in [9.17, 15) is 0 Å². The number of para-hydroxylation sites is 2. The zero-order chi connectivity index (χ0) is 43.8. The smallest absolute Gasteiger partial charge is 0.134 e. The lowest BCUT2D eigenvalue weighted by Gasteiger charge is -2.45. The van der Waals surface area contributed by atoms with Crippen LogP contribution in [0.25, 0.3) is 80.3 Å². The lowest BCUT2D eigenvalue weighted by molar-refractivity contribution is 0.435. The van der Waals surface area contributed by atoms with Crippen molar-refractivity contribution in [3.63, 3.8) is 0 Å². The standard InChI is InChI=1S/C63H38N2OS/c1-2-19-43-39(15-1)16-13-28-53(43)64(41-34-36-55-48(37-41)45-21-4-8-27-54(45)65(55)56-29-14-32-60-62(56)47-22-5-10-31-59(47)67-60)42-33-35-51-58(38-42)66-57-30-9-7-25-50(57)63(51)49-24-6-3-20-44(49)46-23-11-17-40-18-12-26-52(63)61(40)46/h1-38H. The Morgan fingerprint density at radius 2 is 1.01 bits per heavy atom. The van der Waals surface area contributed by atoms with E-state index in [0.29, 0.717) is 0 Å². The van der Waals surface area contributed by atoms with Gasteiger partial charge in [0, 0.05) is 64.9 Å². The first-order valence-electron chi connectivity index (χ1n) is 23.0. The molecule has 0 bridgehead atoms. The van der Waals surface area contributed by atoms with Crippen LogP contribution in [-0.2, 0) is 5.41 Å². The first-order valence-corrected chi connectivity index (χ1v) is 23.8. The average Bonchev–Trinajstić information content (AvgIpc) is 3.94. The summed E-state index contributed by atoms with van der Waals surface area (Å²) in [4.78, 5) is 2.43. The first kappa shape index (κ1) is 36.9. The van der Waals surface area contributed by atoms with Gasteiger partial charge >= 0.3 is 0 Å². The van der Waals surface area contributed by atoms with Crippen LogP contribution in [0.2, 0.25) is 0 Å². The van der Waals surface area contributed by atoms with Crippen molar-refractivity contribution in [2.24, 2.45) is 0 Å². The molecule has 15 rings (SSSR count). The average molecular weight is 871 g/mol. The van der Waals surface area contributed by atoms with Crippen molar-refractivity contribution in [2.75, 3.05) is 4.90 Å². The molecule has 1 atom stereocenters. The molecule has 0 fully saturated rings. The molecule has 3 heterocycles. The van der Waals surface area contributed by atoms with Crippen molar-refractivity contribution >= 4 is 91.9 Å². The quantitative estimate of drug-likeness (QED) is 0.175. The minimum Gasteiger partial charge on any atom is -0.457 e. The molecule has 1 unspecified atom stereocenters. The molecular formula is C63H38N2OS. The second kappa shape index (κ2) is 13.8. The third-order valence-electron chi connectivity index (χ3n) is 14.6. The van der Waals surface area contributed by atoms with E-state index in [1.807, 2.05) is 11.3 Å². The highest BCUT2D eigenvalue weighted by Gasteiger charge is 2.49. The Labute approximate surface area is 390 Å². The molecule has 312 valence electrons. The van der Waals surface area contributed by atoms with Gasteiger partial charge in [-0.25, -0.2) is 0 Å². The van der Waals surface area contributed by atoms with Crippen LogP contribution in [0.15, 0.2) is 231 Å². The molecule has 1 aliphatic carbocycles. The van der Waals surface area contributed by atoms with Gasteiger partial charge in [-0.2, -0.15) is 0 Å². The summed E-state index contributed by atoms with van der Waals surface area (Å²) < 4.78 is 12.2. The molecule has 2 aromatic heterocycles. The van der Waals surface area contributed by atoms with Gasteiger partial charge in [0.25, 0.3) is 0 Å². The maximum atomic E-state index is 7.16. The number of aromatic nitrogens is 1. The highest BCUT2D eigenvalue weighted by atomic mass is 32.1. The molecular weight excluding hydrogens is 833 g/mol. The van der Waals surface area contributed by atoms with Gasteiger partial charge in [0.2, 0.25) is 0 Å². The Morgan fingerprint density at radius 3 is 1.96 bits per heavy atom. The summed E-state index contributed by atoms with van der Waals surface area (Å²) in [6.45, 7) is 0. The number of hydrogen-bond acceptors (Lipinski definition) is 3. The molecule has 0 saturated carbocycles. The van der Waals surface area contributed by atoms with E-state index in [1.165, 1.54) is 91.5 Å². The van der Waals surface area contributed by atoms with Crippen molar-refractivity contribution in [2.45, 2.75) is 5.41 Å². The van der Waals surface area contributed by atoms with Crippen LogP contribution in [0.5, 0.6) is 11.5 Å². The van der Waals surface area contributed by atoms with E-state index in [0.717, 1.165) is 39.7 Å². The van der Waals surface area contributed by atoms with E-state index < -0.39 is 5.41 Å². The van der Waals surface area contributed by atoms with E-state index >= 15 is 0 Å². The van der Waals surface area contributed by atoms with E-state index in [-0.39, 0.29) is 0 Å². The molecule has 1 spiro atoms. The summed E-state index contributed by atoms with van der Waals surface area (Å²) in [7, 11) is 0. The van der Waals surface area contributed by atoms with Gasteiger partial charge in [-0.3, -0.25) is 0 Å². The van der Waals surface area contributed by atoms with Crippen molar-refractivity contribution in [3.05, 3.63) is 253 Å². The van der Waals surface area contributed by atoms with Gasteiger partial charge in [-0.05, 0) is 99.1 Å². The molecule has 1 aliphatic heterocycles. The Hall–Kier alpha value is -8.44. The third-order valence-corrected chi connectivity index (χ3v) is 15.7. The highest BCUT2D eigenvalue weighted by Crippen LogP contribution is 2.62. The number of fused-ring (bicyclic) bond motifs is 15. The molecule has 0 amide bonds. The van der Waals surface area contributed by atoms with Crippen LogP contribution < -0.4 is 9.64 Å². The zero-order valence-corrected chi connectivity index (χ0v) is 37.0. The number of benzene rings is 11. The van der Waals surface area contributed by atoms with E-state index in [1.54, 1.807) is 0 Å². The van der Waals surface area contributed by atoms with Gasteiger partial charge in [0.15, 0.2) is 0 Å². The Morgan fingerprint density at radius 1 is 0.388 bits per heavy atom. The largest absolute Gasteiger partial charge is 0.457 e. The van der Waals surface area contributed by atoms with Crippen LogP contribution in [0.4, 0.5) is 17.1 Å². The predicted molar refractivity (Wildman–Crippen MR) is 281 cm³/mol. The predicted octanol–water partition coefficient (Wildman–Crippen LogP) is 17.4. The summed E-state index contributed by atoms with van der Waals surface area (Å²) in [6, 6.07) is 84.9. The topological polar surface area (TPSA) is 17.4 Å². The summed E-state index contributed by atoms with van der Waals surface area (Å²) in [5.41, 5.74) is 13.5. The minimum atomic E-state index is -0.616. The van der Waals surface area contributed by atoms with Crippen LogP contribution >= 0.6 is 11.3 Å². The van der Waals surface area contributed by atoms with Crippen LogP contribution in [-0.4, -0.2) is 4.57 Å². The summed E-state index contributed by atoms with van der Waals surface area (Å²) in [5, 5.41) is 9.89. The molecule has 11 aromatic carbocycles. The van der Waals surface area contributed by atoms with E-state index in [2.05, 4.69) is 240 Å². The number of hydrogen-bond donors (Lipinski definition) is 0. The molecule has 4 heteroatoms. The first-order chi connectivity index (χ1) is 33.2. The Balaban J connectivity index is 0.991. The number of anilines is 3. The van der Waals surface area contributed by atoms with Crippen LogP contribution in [0.1, 0.15) is 22.3 Å². The fourth-order valence-corrected chi connectivity index (χ4v) is 13.1. The second-order valence-corrected chi connectivity index (χ2v) is 19.0.